The van der Waals surface area contributed by atoms with Crippen molar-refractivity contribution in [2.45, 2.75) is 11.8 Å². The standard InChI is InChI=1S/C24H19N3OS/c28-22-14-16-29-24(19-5-2-1-3-6-19)27(22)20-11-8-17(9-12-20)21-13-10-18-7-4-15-25-23(18)26-21/h1-13,15,24H,14,16H2. The van der Waals surface area contributed by atoms with Crippen molar-refractivity contribution in [3.05, 3.63) is 90.6 Å². The average molecular weight is 398 g/mol. The minimum absolute atomic E-state index is 0.00583. The molecule has 4 aromatic rings. The molecule has 29 heavy (non-hydrogen) atoms. The number of hydrogen-bond donors (Lipinski definition) is 0. The van der Waals surface area contributed by atoms with Gasteiger partial charge in [-0.2, -0.15) is 0 Å². The van der Waals surface area contributed by atoms with Gasteiger partial charge in [0, 0.05) is 35.0 Å². The third kappa shape index (κ3) is 3.49. The number of anilines is 1. The van der Waals surface area contributed by atoms with Crippen LogP contribution in [0, 0.1) is 0 Å². The molecule has 1 amide bonds. The van der Waals surface area contributed by atoms with E-state index < -0.39 is 0 Å². The van der Waals surface area contributed by atoms with Gasteiger partial charge < -0.3 is 0 Å². The number of thioether (sulfide) groups is 1. The number of nitrogens with zero attached hydrogens (tertiary/aromatic N) is 3. The molecule has 0 spiro atoms. The number of benzene rings is 2. The molecule has 1 fully saturated rings. The summed E-state index contributed by atoms with van der Waals surface area (Å²) >= 11 is 1.81. The van der Waals surface area contributed by atoms with Crippen molar-refractivity contribution in [3.8, 4) is 11.3 Å². The van der Waals surface area contributed by atoms with E-state index in [0.717, 1.165) is 39.3 Å². The quantitative estimate of drug-likeness (QED) is 0.460. The lowest BCUT2D eigenvalue weighted by Gasteiger charge is -2.35. The summed E-state index contributed by atoms with van der Waals surface area (Å²) in [5.41, 5.74) is 4.69. The van der Waals surface area contributed by atoms with E-state index in [0.29, 0.717) is 6.42 Å². The van der Waals surface area contributed by atoms with Crippen molar-refractivity contribution in [1.29, 1.82) is 0 Å². The number of carbonyl (C=O) groups excluding carboxylic acids is 1. The van der Waals surface area contributed by atoms with E-state index in [2.05, 4.69) is 22.1 Å². The van der Waals surface area contributed by atoms with Crippen LogP contribution in [0.25, 0.3) is 22.3 Å². The van der Waals surface area contributed by atoms with Crippen molar-refractivity contribution >= 4 is 34.4 Å². The van der Waals surface area contributed by atoms with Gasteiger partial charge in [-0.3, -0.25) is 9.69 Å². The van der Waals surface area contributed by atoms with Crippen LogP contribution in [0.3, 0.4) is 0 Å². The van der Waals surface area contributed by atoms with Gasteiger partial charge in [0.1, 0.15) is 5.37 Å². The van der Waals surface area contributed by atoms with Gasteiger partial charge in [0.05, 0.1) is 5.69 Å². The largest absolute Gasteiger partial charge is 0.296 e. The summed E-state index contributed by atoms with van der Waals surface area (Å²) in [7, 11) is 0. The zero-order chi connectivity index (χ0) is 19.6. The maximum atomic E-state index is 12.8. The second-order valence-electron chi connectivity index (χ2n) is 6.94. The Labute approximate surface area is 173 Å². The fraction of sp³-hybridized carbons (Fsp3) is 0.125. The maximum absolute atomic E-state index is 12.8. The van der Waals surface area contributed by atoms with Gasteiger partial charge in [0.15, 0.2) is 5.65 Å². The molecule has 2 aromatic heterocycles. The zero-order valence-corrected chi connectivity index (χ0v) is 16.5. The molecule has 0 bridgehead atoms. The molecule has 4 nitrogen and oxygen atoms in total. The highest BCUT2D eigenvalue weighted by atomic mass is 32.2. The third-order valence-corrected chi connectivity index (χ3v) is 6.32. The zero-order valence-electron chi connectivity index (χ0n) is 15.7. The van der Waals surface area contributed by atoms with Crippen LogP contribution < -0.4 is 4.90 Å². The van der Waals surface area contributed by atoms with Gasteiger partial charge in [0.25, 0.3) is 0 Å². The number of pyridine rings is 2. The minimum Gasteiger partial charge on any atom is -0.296 e. The van der Waals surface area contributed by atoms with Crippen molar-refractivity contribution in [3.63, 3.8) is 0 Å². The Hall–Kier alpha value is -3.18. The van der Waals surface area contributed by atoms with E-state index >= 15 is 0 Å². The Kier molecular flexibility index (Phi) is 4.74. The van der Waals surface area contributed by atoms with Crippen molar-refractivity contribution in [2.75, 3.05) is 10.7 Å². The Morgan fingerprint density at radius 2 is 1.72 bits per heavy atom. The third-order valence-electron chi connectivity index (χ3n) is 5.08. The first-order valence-corrected chi connectivity index (χ1v) is 10.7. The second kappa shape index (κ2) is 7.68. The molecule has 1 saturated heterocycles. The minimum atomic E-state index is 0.00583. The van der Waals surface area contributed by atoms with Gasteiger partial charge >= 0.3 is 0 Å². The first-order valence-electron chi connectivity index (χ1n) is 9.60. The lowest BCUT2D eigenvalue weighted by Crippen LogP contribution is -2.37. The SMILES string of the molecule is O=C1CCSC(c2ccccc2)N1c1ccc(-c2ccc3cccnc3n2)cc1. The lowest BCUT2D eigenvalue weighted by atomic mass is 10.1. The molecule has 1 aliphatic rings. The molecule has 1 unspecified atom stereocenters. The normalized spacial score (nSPS) is 16.9. The van der Waals surface area contributed by atoms with Crippen LogP contribution >= 0.6 is 11.8 Å². The topological polar surface area (TPSA) is 46.1 Å². The summed E-state index contributed by atoms with van der Waals surface area (Å²) in [5.74, 6) is 1.01. The van der Waals surface area contributed by atoms with E-state index in [1.807, 2.05) is 83.4 Å². The van der Waals surface area contributed by atoms with Gasteiger partial charge in [-0.05, 0) is 42.0 Å². The fourth-order valence-electron chi connectivity index (χ4n) is 3.63. The smallest absolute Gasteiger partial charge is 0.229 e. The molecule has 2 aromatic carbocycles. The molecule has 0 saturated carbocycles. The lowest BCUT2D eigenvalue weighted by molar-refractivity contribution is -0.118. The molecule has 0 radical (unpaired) electrons. The molecule has 1 atom stereocenters. The number of fused-ring (bicyclic) bond motifs is 1. The number of aromatic nitrogens is 2. The summed E-state index contributed by atoms with van der Waals surface area (Å²) in [5, 5.41) is 1.03. The van der Waals surface area contributed by atoms with E-state index in [1.165, 1.54) is 0 Å². The monoisotopic (exact) mass is 397 g/mol. The molecule has 142 valence electrons. The first kappa shape index (κ1) is 17.9. The van der Waals surface area contributed by atoms with Gasteiger partial charge in [0.2, 0.25) is 5.91 Å². The van der Waals surface area contributed by atoms with E-state index in [4.69, 9.17) is 0 Å². The highest BCUT2D eigenvalue weighted by Crippen LogP contribution is 2.40. The van der Waals surface area contributed by atoms with E-state index in [9.17, 15) is 4.79 Å². The van der Waals surface area contributed by atoms with Crippen LogP contribution in [0.5, 0.6) is 0 Å². The van der Waals surface area contributed by atoms with Crippen molar-refractivity contribution in [1.82, 2.24) is 9.97 Å². The summed E-state index contributed by atoms with van der Waals surface area (Å²) < 4.78 is 0. The Morgan fingerprint density at radius 1 is 0.897 bits per heavy atom. The molecule has 0 aliphatic carbocycles. The number of hydrogen-bond acceptors (Lipinski definition) is 4. The Balaban J connectivity index is 1.48. The predicted molar refractivity (Wildman–Crippen MR) is 119 cm³/mol. The van der Waals surface area contributed by atoms with Crippen LogP contribution in [0.2, 0.25) is 0 Å². The second-order valence-corrected chi connectivity index (χ2v) is 8.13. The molecule has 1 aliphatic heterocycles. The van der Waals surface area contributed by atoms with Crippen LogP contribution in [0.4, 0.5) is 5.69 Å². The molecule has 3 heterocycles. The number of carbonyl (C=O) groups is 1. The first-order chi connectivity index (χ1) is 14.3. The molecular formula is C24H19N3OS. The number of amides is 1. The van der Waals surface area contributed by atoms with Gasteiger partial charge in [-0.25, -0.2) is 9.97 Å². The van der Waals surface area contributed by atoms with Crippen LogP contribution in [-0.2, 0) is 4.79 Å². The van der Waals surface area contributed by atoms with E-state index in [-0.39, 0.29) is 11.3 Å². The van der Waals surface area contributed by atoms with E-state index in [1.54, 1.807) is 6.20 Å². The van der Waals surface area contributed by atoms with Gasteiger partial charge in [-0.1, -0.05) is 42.5 Å². The molecular weight excluding hydrogens is 378 g/mol. The average Bonchev–Trinajstić information content (AvgIpc) is 2.79. The summed E-state index contributed by atoms with van der Waals surface area (Å²) in [6.07, 6.45) is 2.32. The summed E-state index contributed by atoms with van der Waals surface area (Å²) in [6.45, 7) is 0. The Bertz CT molecular complexity index is 1160. The van der Waals surface area contributed by atoms with Crippen molar-refractivity contribution in [2.24, 2.45) is 0 Å². The van der Waals surface area contributed by atoms with Gasteiger partial charge in [-0.15, -0.1) is 11.8 Å². The van der Waals surface area contributed by atoms with Crippen molar-refractivity contribution < 1.29 is 4.79 Å². The van der Waals surface area contributed by atoms with Crippen LogP contribution in [-0.4, -0.2) is 21.6 Å². The molecule has 5 heteroatoms. The van der Waals surface area contributed by atoms with Crippen LogP contribution in [0.1, 0.15) is 17.4 Å². The summed E-state index contributed by atoms with van der Waals surface area (Å²) in [6, 6.07) is 26.3. The highest BCUT2D eigenvalue weighted by Gasteiger charge is 2.30. The maximum Gasteiger partial charge on any atom is 0.229 e. The number of rotatable bonds is 3. The highest BCUT2D eigenvalue weighted by molar-refractivity contribution is 7.99. The summed E-state index contributed by atoms with van der Waals surface area (Å²) in [4.78, 5) is 23.7. The molecule has 0 N–H and O–H groups in total. The molecule has 5 rings (SSSR count). The predicted octanol–water partition coefficient (Wildman–Crippen LogP) is 5.47. The Morgan fingerprint density at radius 3 is 2.55 bits per heavy atom. The van der Waals surface area contributed by atoms with Crippen LogP contribution in [0.15, 0.2) is 85.1 Å². The fourth-order valence-corrected chi connectivity index (χ4v) is 4.89.